The number of nitrogens with one attached hydrogen (secondary N) is 2. The Hall–Kier alpha value is -4.21. The van der Waals surface area contributed by atoms with Crippen LogP contribution in [-0.2, 0) is 17.8 Å². The number of hydrogen-bond acceptors (Lipinski definition) is 7. The number of nitrogens with zero attached hydrogens (tertiary/aromatic N) is 3. The summed E-state index contributed by atoms with van der Waals surface area (Å²) in [6.07, 6.45) is 4.31. The summed E-state index contributed by atoms with van der Waals surface area (Å²) < 4.78 is 25.0. The van der Waals surface area contributed by atoms with Gasteiger partial charge in [-0.15, -0.1) is 0 Å². The number of carbonyl (C=O) groups is 2. The molecule has 0 aliphatic carbocycles. The topological polar surface area (TPSA) is 106 Å². The zero-order valence-corrected chi connectivity index (χ0v) is 20.5. The van der Waals surface area contributed by atoms with Crippen LogP contribution in [0.4, 0.5) is 16.0 Å². The highest BCUT2D eigenvalue weighted by atomic mass is 19.1. The van der Waals surface area contributed by atoms with Gasteiger partial charge in [-0.25, -0.2) is 9.37 Å². The first-order valence-electron chi connectivity index (χ1n) is 12.3. The van der Waals surface area contributed by atoms with Crippen molar-refractivity contribution in [1.82, 2.24) is 20.6 Å². The Balaban J connectivity index is 1.43. The maximum absolute atomic E-state index is 13.7. The van der Waals surface area contributed by atoms with Crippen molar-refractivity contribution in [1.29, 1.82) is 0 Å². The molecule has 2 aliphatic rings. The van der Waals surface area contributed by atoms with E-state index in [1.54, 1.807) is 13.2 Å². The molecule has 9 nitrogen and oxygen atoms in total. The average molecular weight is 506 g/mol. The molecule has 2 amide bonds. The smallest absolute Gasteiger partial charge is 0.259 e. The molecule has 5 rings (SSSR count). The molecule has 0 saturated carbocycles. The molecule has 192 valence electrons. The van der Waals surface area contributed by atoms with Gasteiger partial charge in [0.25, 0.3) is 5.91 Å². The number of rotatable bonds is 7. The Morgan fingerprint density at radius 1 is 1.24 bits per heavy atom. The summed E-state index contributed by atoms with van der Waals surface area (Å²) >= 11 is 0. The van der Waals surface area contributed by atoms with Crippen LogP contribution in [0.3, 0.4) is 0 Å². The molecule has 3 aromatic rings. The molecule has 37 heavy (non-hydrogen) atoms. The van der Waals surface area contributed by atoms with Gasteiger partial charge in [-0.3, -0.25) is 9.59 Å². The van der Waals surface area contributed by atoms with Crippen molar-refractivity contribution in [3.05, 3.63) is 71.2 Å². The first kappa shape index (κ1) is 24.5. The molecule has 0 radical (unpaired) electrons. The Morgan fingerprint density at radius 3 is 3.00 bits per heavy atom. The number of amides is 2. The third-order valence-corrected chi connectivity index (χ3v) is 6.51. The van der Waals surface area contributed by atoms with Crippen molar-refractivity contribution in [2.45, 2.75) is 38.3 Å². The van der Waals surface area contributed by atoms with Gasteiger partial charge >= 0.3 is 0 Å². The highest BCUT2D eigenvalue weighted by Gasteiger charge is 2.28. The number of halogens is 1. The molecule has 0 spiro atoms. The van der Waals surface area contributed by atoms with Gasteiger partial charge in [0.15, 0.2) is 0 Å². The number of benzene rings is 2. The number of fused-ring (bicyclic) bond motifs is 1. The van der Waals surface area contributed by atoms with E-state index in [1.807, 2.05) is 29.2 Å². The van der Waals surface area contributed by atoms with E-state index in [9.17, 15) is 14.0 Å². The number of carbonyl (C=O) groups excluding carboxylic acids is 2. The van der Waals surface area contributed by atoms with Gasteiger partial charge < -0.3 is 25.0 Å². The quantitative estimate of drug-likeness (QED) is 0.508. The minimum Gasteiger partial charge on any atom is -0.497 e. The minimum absolute atomic E-state index is 0.0925. The van der Waals surface area contributed by atoms with Crippen molar-refractivity contribution in [3.63, 3.8) is 0 Å². The molecule has 2 aromatic carbocycles. The lowest BCUT2D eigenvalue weighted by molar-refractivity contribution is -0.122. The van der Waals surface area contributed by atoms with Gasteiger partial charge in [-0.2, -0.15) is 4.98 Å². The van der Waals surface area contributed by atoms with Crippen molar-refractivity contribution in [2.24, 2.45) is 0 Å². The zero-order valence-electron chi connectivity index (χ0n) is 20.5. The summed E-state index contributed by atoms with van der Waals surface area (Å²) in [5, 5.41) is 5.63. The molecule has 1 unspecified atom stereocenters. The second-order valence-corrected chi connectivity index (χ2v) is 9.02. The van der Waals surface area contributed by atoms with Gasteiger partial charge in [0.2, 0.25) is 17.7 Å². The monoisotopic (exact) mass is 505 g/mol. The van der Waals surface area contributed by atoms with Crippen LogP contribution in [0.25, 0.3) is 0 Å². The van der Waals surface area contributed by atoms with Gasteiger partial charge in [0, 0.05) is 25.0 Å². The molecule has 1 atom stereocenters. The number of hydrogen-bond donors (Lipinski definition) is 2. The summed E-state index contributed by atoms with van der Waals surface area (Å²) in [6, 6.07) is 11.4. The third kappa shape index (κ3) is 5.47. The number of methoxy groups -OCH3 is 1. The fourth-order valence-corrected chi connectivity index (χ4v) is 4.56. The predicted molar refractivity (Wildman–Crippen MR) is 135 cm³/mol. The van der Waals surface area contributed by atoms with Gasteiger partial charge in [0.05, 0.1) is 7.11 Å². The lowest BCUT2D eigenvalue weighted by Crippen LogP contribution is -2.45. The van der Waals surface area contributed by atoms with E-state index in [4.69, 9.17) is 9.47 Å². The van der Waals surface area contributed by atoms with Crippen LogP contribution < -0.4 is 25.0 Å². The molecule has 1 fully saturated rings. The normalized spacial score (nSPS) is 17.0. The Kier molecular flexibility index (Phi) is 7.16. The Labute approximate surface area is 214 Å². The molecule has 2 aliphatic heterocycles. The zero-order chi connectivity index (χ0) is 25.8. The standard InChI is InChI=1S/C27H28FN5O4/c1-36-20-6-4-5-17(13-20)16-37-26-21(24(34)31-22-7-2-3-11-29-25(22)35)15-30-27(32-26)33-12-10-18-14-19(28)8-9-23(18)33/h4-6,8-9,13-15,22H,2-3,7,10-12,16H2,1H3,(H,29,35)(H,31,34). The van der Waals surface area contributed by atoms with E-state index in [0.29, 0.717) is 37.6 Å². The van der Waals surface area contributed by atoms with Crippen LogP contribution in [0.5, 0.6) is 11.6 Å². The first-order valence-corrected chi connectivity index (χ1v) is 12.3. The first-order chi connectivity index (χ1) is 18.0. The summed E-state index contributed by atoms with van der Waals surface area (Å²) in [6.45, 7) is 1.31. The second-order valence-electron chi connectivity index (χ2n) is 9.02. The van der Waals surface area contributed by atoms with Gasteiger partial charge in [0.1, 0.15) is 29.8 Å². The van der Waals surface area contributed by atoms with Crippen LogP contribution in [-0.4, -0.2) is 48.0 Å². The third-order valence-electron chi connectivity index (χ3n) is 6.51. The number of aromatic nitrogens is 2. The Bertz CT molecular complexity index is 1320. The maximum Gasteiger partial charge on any atom is 0.259 e. The van der Waals surface area contributed by atoms with Crippen LogP contribution in [0, 0.1) is 5.82 Å². The summed E-state index contributed by atoms with van der Waals surface area (Å²) in [5.41, 5.74) is 2.63. The van der Waals surface area contributed by atoms with Crippen molar-refractivity contribution >= 4 is 23.5 Å². The van der Waals surface area contributed by atoms with Crippen molar-refractivity contribution < 1.29 is 23.5 Å². The van der Waals surface area contributed by atoms with Crippen LogP contribution in [0.1, 0.15) is 40.7 Å². The molecular formula is C27H28FN5O4. The molecule has 1 saturated heterocycles. The summed E-state index contributed by atoms with van der Waals surface area (Å²) in [5.74, 6) is 0.132. The number of ether oxygens (including phenoxy) is 2. The fraction of sp³-hybridized carbons (Fsp3) is 0.333. The fourth-order valence-electron chi connectivity index (χ4n) is 4.56. The SMILES string of the molecule is COc1cccc(COc2nc(N3CCc4cc(F)ccc43)ncc2C(=O)NC2CCCCNC2=O)c1. The molecule has 10 heteroatoms. The molecule has 0 bridgehead atoms. The van der Waals surface area contributed by atoms with Gasteiger partial charge in [-0.05, 0) is 67.1 Å². The lowest BCUT2D eigenvalue weighted by Gasteiger charge is -2.20. The van der Waals surface area contributed by atoms with Crippen molar-refractivity contribution in [3.8, 4) is 11.6 Å². The van der Waals surface area contributed by atoms with Crippen LogP contribution in [0.2, 0.25) is 0 Å². The van der Waals surface area contributed by atoms with Crippen molar-refractivity contribution in [2.75, 3.05) is 25.1 Å². The largest absolute Gasteiger partial charge is 0.497 e. The van der Waals surface area contributed by atoms with E-state index >= 15 is 0 Å². The maximum atomic E-state index is 13.7. The molecule has 1 aromatic heterocycles. The molecule has 3 heterocycles. The molecule has 2 N–H and O–H groups in total. The van der Waals surface area contributed by atoms with Crippen LogP contribution in [0.15, 0.2) is 48.7 Å². The predicted octanol–water partition coefficient (Wildman–Crippen LogP) is 3.30. The lowest BCUT2D eigenvalue weighted by atomic mass is 10.1. The van der Waals surface area contributed by atoms with E-state index in [0.717, 1.165) is 29.7 Å². The second kappa shape index (κ2) is 10.8. The van der Waals surface area contributed by atoms with E-state index in [2.05, 4.69) is 20.6 Å². The Morgan fingerprint density at radius 2 is 2.14 bits per heavy atom. The average Bonchev–Trinajstić information content (AvgIpc) is 3.23. The number of anilines is 2. The summed E-state index contributed by atoms with van der Waals surface area (Å²) in [4.78, 5) is 36.5. The minimum atomic E-state index is -0.638. The van der Waals surface area contributed by atoms with E-state index in [1.165, 1.54) is 18.3 Å². The van der Waals surface area contributed by atoms with E-state index < -0.39 is 11.9 Å². The van der Waals surface area contributed by atoms with E-state index in [-0.39, 0.29) is 29.8 Å². The molecular weight excluding hydrogens is 477 g/mol. The van der Waals surface area contributed by atoms with Crippen LogP contribution >= 0.6 is 0 Å². The van der Waals surface area contributed by atoms with Gasteiger partial charge in [-0.1, -0.05) is 12.1 Å². The highest BCUT2D eigenvalue weighted by molar-refractivity contribution is 5.99. The summed E-state index contributed by atoms with van der Waals surface area (Å²) in [7, 11) is 1.59. The highest BCUT2D eigenvalue weighted by Crippen LogP contribution is 2.34.